The van der Waals surface area contributed by atoms with E-state index in [1.807, 2.05) is 0 Å². The van der Waals surface area contributed by atoms with Gasteiger partial charge in [-0.15, -0.1) is 0 Å². The summed E-state index contributed by atoms with van der Waals surface area (Å²) in [5.41, 5.74) is 0.343. The van der Waals surface area contributed by atoms with Crippen LogP contribution >= 0.6 is 0 Å². The molecule has 0 radical (unpaired) electrons. The van der Waals surface area contributed by atoms with Gasteiger partial charge in [-0.1, -0.05) is 6.07 Å². The van der Waals surface area contributed by atoms with Gasteiger partial charge in [-0.05, 0) is 26.0 Å². The highest BCUT2D eigenvalue weighted by molar-refractivity contribution is 5.97. The van der Waals surface area contributed by atoms with Crippen molar-refractivity contribution >= 4 is 5.91 Å². The second-order valence-corrected chi connectivity index (χ2v) is 6.14. The van der Waals surface area contributed by atoms with Crippen LogP contribution in [0.15, 0.2) is 18.2 Å². The van der Waals surface area contributed by atoms with Crippen LogP contribution in [0.2, 0.25) is 0 Å². The second kappa shape index (κ2) is 7.66. The van der Waals surface area contributed by atoms with Crippen molar-refractivity contribution in [3.05, 3.63) is 23.8 Å². The van der Waals surface area contributed by atoms with E-state index < -0.39 is 0 Å². The maximum Gasteiger partial charge on any atom is 0.255 e. The molecule has 0 aromatic heterocycles. The number of para-hydroxylation sites is 1. The topological polar surface area (TPSA) is 60.0 Å². The Morgan fingerprint density at radius 1 is 1.26 bits per heavy atom. The number of amides is 1. The van der Waals surface area contributed by atoms with Crippen molar-refractivity contribution in [2.24, 2.45) is 0 Å². The third kappa shape index (κ3) is 4.14. The van der Waals surface area contributed by atoms with E-state index in [1.54, 1.807) is 25.3 Å². The largest absolute Gasteiger partial charge is 0.493 e. The van der Waals surface area contributed by atoms with E-state index in [-0.39, 0.29) is 11.4 Å². The van der Waals surface area contributed by atoms with Crippen LogP contribution in [0.3, 0.4) is 0 Å². The normalized spacial score (nSPS) is 16.0. The minimum atomic E-state index is -0.165. The van der Waals surface area contributed by atoms with Crippen molar-refractivity contribution in [1.29, 1.82) is 0 Å². The Kier molecular flexibility index (Phi) is 5.85. The number of hydrogen-bond acceptors (Lipinski definition) is 5. The fourth-order valence-electron chi connectivity index (χ4n) is 2.74. The predicted molar refractivity (Wildman–Crippen MR) is 88.4 cm³/mol. The van der Waals surface area contributed by atoms with Crippen LogP contribution < -0.4 is 14.8 Å². The van der Waals surface area contributed by atoms with Crippen LogP contribution in [-0.2, 0) is 4.74 Å². The zero-order chi connectivity index (χ0) is 16.9. The van der Waals surface area contributed by atoms with Gasteiger partial charge in [-0.2, -0.15) is 0 Å². The quantitative estimate of drug-likeness (QED) is 0.861. The molecular formula is C17H26N2O4. The van der Waals surface area contributed by atoms with Gasteiger partial charge in [0.1, 0.15) is 0 Å². The van der Waals surface area contributed by atoms with Gasteiger partial charge in [0.2, 0.25) is 0 Å². The van der Waals surface area contributed by atoms with E-state index in [0.717, 1.165) is 26.3 Å². The monoisotopic (exact) mass is 322 g/mol. The van der Waals surface area contributed by atoms with Crippen molar-refractivity contribution in [3.63, 3.8) is 0 Å². The van der Waals surface area contributed by atoms with E-state index in [2.05, 4.69) is 24.1 Å². The summed E-state index contributed by atoms with van der Waals surface area (Å²) in [6.45, 7) is 8.04. The molecule has 23 heavy (non-hydrogen) atoms. The third-order valence-corrected chi connectivity index (χ3v) is 4.20. The van der Waals surface area contributed by atoms with Gasteiger partial charge < -0.3 is 19.5 Å². The van der Waals surface area contributed by atoms with Gasteiger partial charge in [0.15, 0.2) is 11.5 Å². The molecule has 128 valence electrons. The first-order valence-corrected chi connectivity index (χ1v) is 7.81. The summed E-state index contributed by atoms with van der Waals surface area (Å²) in [6, 6.07) is 5.29. The van der Waals surface area contributed by atoms with Crippen molar-refractivity contribution in [2.75, 3.05) is 47.1 Å². The standard InChI is InChI=1S/C17H26N2O4/c1-17(2,19-8-10-23-11-9-19)12-18-16(20)13-6-5-7-14(21-3)15(13)22-4/h5-7H,8-12H2,1-4H3,(H,18,20). The lowest BCUT2D eigenvalue weighted by Crippen LogP contribution is -2.55. The molecule has 1 aliphatic rings. The summed E-state index contributed by atoms with van der Waals surface area (Å²) >= 11 is 0. The summed E-state index contributed by atoms with van der Waals surface area (Å²) in [7, 11) is 3.09. The second-order valence-electron chi connectivity index (χ2n) is 6.14. The lowest BCUT2D eigenvalue weighted by atomic mass is 10.0. The summed E-state index contributed by atoms with van der Waals surface area (Å²) in [6.07, 6.45) is 0. The molecule has 6 nitrogen and oxygen atoms in total. The number of carbonyl (C=O) groups excluding carboxylic acids is 1. The number of nitrogens with zero attached hydrogens (tertiary/aromatic N) is 1. The minimum absolute atomic E-state index is 0.133. The van der Waals surface area contributed by atoms with E-state index in [9.17, 15) is 4.79 Å². The lowest BCUT2D eigenvalue weighted by molar-refractivity contribution is -0.00924. The van der Waals surface area contributed by atoms with Crippen molar-refractivity contribution in [1.82, 2.24) is 10.2 Å². The first-order valence-electron chi connectivity index (χ1n) is 7.81. The summed E-state index contributed by atoms with van der Waals surface area (Å²) < 4.78 is 16.0. The first-order chi connectivity index (χ1) is 11.0. The third-order valence-electron chi connectivity index (χ3n) is 4.20. The number of ether oxygens (including phenoxy) is 3. The van der Waals surface area contributed by atoms with E-state index in [1.165, 1.54) is 7.11 Å². The molecule has 1 aromatic rings. The van der Waals surface area contributed by atoms with Crippen LogP contribution in [0.4, 0.5) is 0 Å². The average molecular weight is 322 g/mol. The van der Waals surface area contributed by atoms with Gasteiger partial charge in [0.25, 0.3) is 5.91 Å². The summed E-state index contributed by atoms with van der Waals surface area (Å²) in [5.74, 6) is 0.839. The summed E-state index contributed by atoms with van der Waals surface area (Å²) in [4.78, 5) is 14.9. The van der Waals surface area contributed by atoms with Crippen LogP contribution in [0.25, 0.3) is 0 Å². The number of benzene rings is 1. The van der Waals surface area contributed by atoms with Gasteiger partial charge >= 0.3 is 0 Å². The molecule has 0 unspecified atom stereocenters. The average Bonchev–Trinajstić information content (AvgIpc) is 2.59. The Labute approximate surface area is 137 Å². The Balaban J connectivity index is 2.04. The molecule has 1 amide bonds. The lowest BCUT2D eigenvalue weighted by Gasteiger charge is -2.40. The molecular weight excluding hydrogens is 296 g/mol. The fraction of sp³-hybridized carbons (Fsp3) is 0.588. The number of nitrogens with one attached hydrogen (secondary N) is 1. The molecule has 0 aliphatic carbocycles. The molecule has 1 fully saturated rings. The molecule has 1 saturated heterocycles. The maximum atomic E-state index is 12.5. The zero-order valence-corrected chi connectivity index (χ0v) is 14.3. The number of morpholine rings is 1. The van der Waals surface area contributed by atoms with Crippen molar-refractivity contribution in [2.45, 2.75) is 19.4 Å². The van der Waals surface area contributed by atoms with E-state index in [4.69, 9.17) is 14.2 Å². The highest BCUT2D eigenvalue weighted by Crippen LogP contribution is 2.30. The maximum absolute atomic E-state index is 12.5. The predicted octanol–water partition coefficient (Wildman–Crippen LogP) is 1.54. The summed E-state index contributed by atoms with van der Waals surface area (Å²) in [5, 5.41) is 3.01. The molecule has 0 saturated carbocycles. The van der Waals surface area contributed by atoms with Crippen LogP contribution in [0.1, 0.15) is 24.2 Å². The molecule has 6 heteroatoms. The Morgan fingerprint density at radius 3 is 2.57 bits per heavy atom. The molecule has 1 aromatic carbocycles. The molecule has 0 spiro atoms. The Hall–Kier alpha value is -1.79. The first kappa shape index (κ1) is 17.6. The Morgan fingerprint density at radius 2 is 1.96 bits per heavy atom. The van der Waals surface area contributed by atoms with Crippen LogP contribution in [0, 0.1) is 0 Å². The van der Waals surface area contributed by atoms with Crippen molar-refractivity contribution < 1.29 is 19.0 Å². The molecule has 0 bridgehead atoms. The van der Waals surface area contributed by atoms with Crippen LogP contribution in [-0.4, -0.2) is 63.4 Å². The number of carbonyl (C=O) groups is 1. The van der Waals surface area contributed by atoms with Crippen LogP contribution in [0.5, 0.6) is 11.5 Å². The fourth-order valence-corrected chi connectivity index (χ4v) is 2.74. The van der Waals surface area contributed by atoms with E-state index in [0.29, 0.717) is 23.6 Å². The molecule has 1 N–H and O–H groups in total. The number of rotatable bonds is 6. The highest BCUT2D eigenvalue weighted by Gasteiger charge is 2.29. The SMILES string of the molecule is COc1cccc(C(=O)NCC(C)(C)N2CCOCC2)c1OC. The Bertz CT molecular complexity index is 539. The minimum Gasteiger partial charge on any atom is -0.493 e. The molecule has 2 rings (SSSR count). The van der Waals surface area contributed by atoms with Crippen molar-refractivity contribution in [3.8, 4) is 11.5 Å². The van der Waals surface area contributed by atoms with E-state index >= 15 is 0 Å². The molecule has 1 aliphatic heterocycles. The van der Waals surface area contributed by atoms with Gasteiger partial charge in [-0.3, -0.25) is 9.69 Å². The smallest absolute Gasteiger partial charge is 0.255 e. The number of methoxy groups -OCH3 is 2. The zero-order valence-electron chi connectivity index (χ0n) is 14.3. The molecule has 0 atom stereocenters. The number of hydrogen-bond donors (Lipinski definition) is 1. The van der Waals surface area contributed by atoms with Gasteiger partial charge in [-0.25, -0.2) is 0 Å². The van der Waals surface area contributed by atoms with Gasteiger partial charge in [0.05, 0.1) is 33.0 Å². The highest BCUT2D eigenvalue weighted by atomic mass is 16.5. The van der Waals surface area contributed by atoms with Gasteiger partial charge in [0, 0.05) is 25.2 Å². The molecule has 1 heterocycles.